The Labute approximate surface area is 159 Å². The number of benzene rings is 1. The van der Waals surface area contributed by atoms with Crippen LogP contribution in [0.2, 0.25) is 0 Å². The summed E-state index contributed by atoms with van der Waals surface area (Å²) in [7, 11) is 0. The van der Waals surface area contributed by atoms with Crippen LogP contribution in [0, 0.1) is 5.82 Å². The molecule has 0 unspecified atom stereocenters. The molecule has 0 radical (unpaired) electrons. The maximum Gasteiger partial charge on any atom is 0.244 e. The number of amides is 1. The summed E-state index contributed by atoms with van der Waals surface area (Å²) in [5, 5.41) is 3.00. The van der Waals surface area contributed by atoms with Crippen LogP contribution in [0.4, 0.5) is 4.39 Å². The monoisotopic (exact) mass is 423 g/mol. The lowest BCUT2D eigenvalue weighted by Gasteiger charge is -2.37. The number of carbonyl (C=O) groups is 1. The average Bonchev–Trinajstić information content (AvgIpc) is 3.05. The van der Waals surface area contributed by atoms with Crippen LogP contribution < -0.4 is 5.32 Å². The minimum Gasteiger partial charge on any atom is -0.381 e. The molecule has 1 aromatic carbocycles. The van der Waals surface area contributed by atoms with Crippen molar-refractivity contribution in [3.63, 3.8) is 0 Å². The highest BCUT2D eigenvalue weighted by atomic mass is 79.9. The van der Waals surface area contributed by atoms with Crippen molar-refractivity contribution in [1.82, 2.24) is 5.32 Å². The van der Waals surface area contributed by atoms with Crippen molar-refractivity contribution in [3.05, 3.63) is 62.5 Å². The van der Waals surface area contributed by atoms with Gasteiger partial charge in [-0.2, -0.15) is 0 Å². The molecule has 3 rings (SSSR count). The van der Waals surface area contributed by atoms with Crippen molar-refractivity contribution in [2.45, 2.75) is 18.3 Å². The molecule has 0 saturated carbocycles. The van der Waals surface area contributed by atoms with Gasteiger partial charge in [0.15, 0.2) is 0 Å². The molecule has 25 heavy (non-hydrogen) atoms. The van der Waals surface area contributed by atoms with E-state index in [1.54, 1.807) is 23.5 Å². The van der Waals surface area contributed by atoms with Crippen LogP contribution in [0.25, 0.3) is 6.08 Å². The lowest BCUT2D eigenvalue weighted by molar-refractivity contribution is -0.116. The number of nitrogens with one attached hydrogen (secondary N) is 1. The van der Waals surface area contributed by atoms with Gasteiger partial charge in [0.2, 0.25) is 5.91 Å². The smallest absolute Gasteiger partial charge is 0.244 e. The first-order chi connectivity index (χ1) is 12.1. The SMILES string of the molecule is O=C(C=Cc1ccc(Br)s1)NCC1(c2ccc(F)cc2)CCOCC1. The molecule has 0 aliphatic carbocycles. The van der Waals surface area contributed by atoms with Gasteiger partial charge >= 0.3 is 0 Å². The molecule has 0 spiro atoms. The Morgan fingerprint density at radius 3 is 2.60 bits per heavy atom. The Bertz CT molecular complexity index is 751. The summed E-state index contributed by atoms with van der Waals surface area (Å²) in [5.74, 6) is -0.377. The molecule has 1 amide bonds. The standard InChI is InChI=1S/C19H19BrFNO2S/c20-17-7-5-16(25-17)6-8-18(23)22-13-19(9-11-24-12-10-19)14-1-3-15(21)4-2-14/h1-8H,9-13H2,(H,22,23). The molecule has 0 atom stereocenters. The third-order valence-electron chi connectivity index (χ3n) is 4.50. The molecule has 1 aromatic heterocycles. The number of halogens is 2. The van der Waals surface area contributed by atoms with Crippen molar-refractivity contribution in [1.29, 1.82) is 0 Å². The van der Waals surface area contributed by atoms with Crippen molar-refractivity contribution in [3.8, 4) is 0 Å². The molecular weight excluding hydrogens is 405 g/mol. The van der Waals surface area contributed by atoms with Gasteiger partial charge in [-0.15, -0.1) is 11.3 Å². The van der Waals surface area contributed by atoms with E-state index in [9.17, 15) is 9.18 Å². The van der Waals surface area contributed by atoms with Crippen LogP contribution in [0.5, 0.6) is 0 Å². The number of rotatable bonds is 5. The van der Waals surface area contributed by atoms with Gasteiger partial charge in [-0.25, -0.2) is 4.39 Å². The minimum atomic E-state index is -0.250. The zero-order valence-electron chi connectivity index (χ0n) is 13.6. The molecule has 1 aliphatic heterocycles. The normalized spacial score (nSPS) is 16.9. The highest BCUT2D eigenvalue weighted by Gasteiger charge is 2.34. The highest BCUT2D eigenvalue weighted by Crippen LogP contribution is 2.34. The second-order valence-corrected chi connectivity index (χ2v) is 8.59. The van der Waals surface area contributed by atoms with Gasteiger partial charge in [0.25, 0.3) is 0 Å². The summed E-state index contributed by atoms with van der Waals surface area (Å²) in [6, 6.07) is 10.5. The van der Waals surface area contributed by atoms with E-state index < -0.39 is 0 Å². The molecule has 6 heteroatoms. The zero-order valence-corrected chi connectivity index (χ0v) is 16.0. The summed E-state index contributed by atoms with van der Waals surface area (Å²) in [5.41, 5.74) is 0.838. The Kier molecular flexibility index (Phi) is 6.04. The molecule has 3 nitrogen and oxygen atoms in total. The van der Waals surface area contributed by atoms with Gasteiger partial charge in [-0.1, -0.05) is 12.1 Å². The molecule has 1 saturated heterocycles. The van der Waals surface area contributed by atoms with Crippen LogP contribution in [-0.4, -0.2) is 25.7 Å². The highest BCUT2D eigenvalue weighted by molar-refractivity contribution is 9.11. The maximum absolute atomic E-state index is 13.3. The first kappa shape index (κ1) is 18.3. The van der Waals surface area contributed by atoms with Gasteiger partial charge in [0.1, 0.15) is 5.82 Å². The zero-order chi connectivity index (χ0) is 17.7. The van der Waals surface area contributed by atoms with Crippen LogP contribution in [0.3, 0.4) is 0 Å². The van der Waals surface area contributed by atoms with Gasteiger partial charge in [-0.05, 0) is 64.7 Å². The molecule has 1 N–H and O–H groups in total. The van der Waals surface area contributed by atoms with Crippen molar-refractivity contribution in [2.75, 3.05) is 19.8 Å². The van der Waals surface area contributed by atoms with Gasteiger partial charge in [0.05, 0.1) is 3.79 Å². The lowest BCUT2D eigenvalue weighted by atomic mass is 9.74. The van der Waals surface area contributed by atoms with E-state index in [1.165, 1.54) is 12.1 Å². The van der Waals surface area contributed by atoms with Gasteiger partial charge in [0, 0.05) is 36.1 Å². The van der Waals surface area contributed by atoms with Gasteiger partial charge in [-0.3, -0.25) is 4.79 Å². The minimum absolute atomic E-state index is 0.127. The van der Waals surface area contributed by atoms with E-state index in [4.69, 9.17) is 4.74 Å². The Morgan fingerprint density at radius 1 is 1.24 bits per heavy atom. The number of thiophene rings is 1. The molecule has 1 aliphatic rings. The van der Waals surface area contributed by atoms with E-state index in [0.717, 1.165) is 27.1 Å². The molecule has 2 heterocycles. The summed E-state index contributed by atoms with van der Waals surface area (Å²) in [6.45, 7) is 1.80. The number of hydrogen-bond donors (Lipinski definition) is 1. The third-order valence-corrected chi connectivity index (χ3v) is 6.09. The number of hydrogen-bond acceptors (Lipinski definition) is 3. The summed E-state index contributed by atoms with van der Waals surface area (Å²) in [4.78, 5) is 13.2. The molecule has 1 fully saturated rings. The van der Waals surface area contributed by atoms with Crippen molar-refractivity contribution in [2.24, 2.45) is 0 Å². The number of ether oxygens (including phenoxy) is 1. The van der Waals surface area contributed by atoms with E-state index >= 15 is 0 Å². The van der Waals surface area contributed by atoms with Crippen LogP contribution >= 0.6 is 27.3 Å². The first-order valence-electron chi connectivity index (χ1n) is 8.12. The Balaban J connectivity index is 1.67. The predicted octanol–water partition coefficient (Wildman–Crippen LogP) is 4.53. The van der Waals surface area contributed by atoms with Gasteiger partial charge < -0.3 is 10.1 Å². The summed E-state index contributed by atoms with van der Waals surface area (Å²) < 4.78 is 19.8. The van der Waals surface area contributed by atoms with E-state index in [-0.39, 0.29) is 17.1 Å². The van der Waals surface area contributed by atoms with E-state index in [1.807, 2.05) is 24.3 Å². The van der Waals surface area contributed by atoms with Crippen LogP contribution in [0.15, 0.2) is 46.3 Å². The quantitative estimate of drug-likeness (QED) is 0.717. The number of carbonyl (C=O) groups excluding carboxylic acids is 1. The van der Waals surface area contributed by atoms with E-state index in [2.05, 4.69) is 21.2 Å². The van der Waals surface area contributed by atoms with Crippen LogP contribution in [0.1, 0.15) is 23.3 Å². The molecule has 2 aromatic rings. The lowest BCUT2D eigenvalue weighted by Crippen LogP contribution is -2.44. The fraction of sp³-hybridized carbons (Fsp3) is 0.316. The maximum atomic E-state index is 13.3. The van der Waals surface area contributed by atoms with Crippen molar-refractivity contribution < 1.29 is 13.9 Å². The molecular formula is C19H19BrFNO2S. The Hall–Kier alpha value is -1.50. The first-order valence-corrected chi connectivity index (χ1v) is 9.73. The summed E-state index contributed by atoms with van der Waals surface area (Å²) >= 11 is 4.98. The fourth-order valence-corrected chi connectivity index (χ4v) is 4.35. The second kappa shape index (κ2) is 8.25. The fourth-order valence-electron chi connectivity index (χ4n) is 3.02. The predicted molar refractivity (Wildman–Crippen MR) is 102 cm³/mol. The van der Waals surface area contributed by atoms with Crippen molar-refractivity contribution >= 4 is 39.2 Å². The van der Waals surface area contributed by atoms with Crippen LogP contribution in [-0.2, 0) is 14.9 Å². The molecule has 0 bridgehead atoms. The topological polar surface area (TPSA) is 38.3 Å². The third kappa shape index (κ3) is 4.77. The summed E-state index contributed by atoms with van der Waals surface area (Å²) in [6.07, 6.45) is 4.97. The Morgan fingerprint density at radius 2 is 1.96 bits per heavy atom. The molecule has 132 valence electrons. The van der Waals surface area contributed by atoms with E-state index in [0.29, 0.717) is 19.8 Å². The average molecular weight is 424 g/mol. The largest absolute Gasteiger partial charge is 0.381 e. The second-order valence-electron chi connectivity index (χ2n) is 6.09.